The number of ether oxygens (including phenoxy) is 1. The number of hydrogen-bond acceptors (Lipinski definition) is 6. The fourth-order valence-electron chi connectivity index (χ4n) is 4.69. The van der Waals surface area contributed by atoms with E-state index < -0.39 is 5.54 Å². The molecule has 1 saturated heterocycles. The van der Waals surface area contributed by atoms with E-state index in [0.29, 0.717) is 30.2 Å². The second-order valence-corrected chi connectivity index (χ2v) is 8.80. The van der Waals surface area contributed by atoms with Gasteiger partial charge in [-0.1, -0.05) is 18.2 Å². The Morgan fingerprint density at radius 2 is 2.00 bits per heavy atom. The lowest BCUT2D eigenvalue weighted by atomic mass is 9.83. The van der Waals surface area contributed by atoms with Crippen molar-refractivity contribution >= 4 is 17.9 Å². The maximum absolute atomic E-state index is 13.6. The van der Waals surface area contributed by atoms with E-state index in [2.05, 4.69) is 9.98 Å². The van der Waals surface area contributed by atoms with E-state index in [4.69, 9.17) is 4.74 Å². The SMILES string of the molecule is COc1cc(C=C2N=C3N(C)CCC(CO)(c4ccc(F)cc4)N3C2=O)ccc1-n1cnc(C)c1. The summed E-state index contributed by atoms with van der Waals surface area (Å²) in [5.74, 6) is 0.391. The van der Waals surface area contributed by atoms with Gasteiger partial charge in [-0.3, -0.25) is 9.69 Å². The highest BCUT2D eigenvalue weighted by Crippen LogP contribution is 2.40. The molecule has 0 aliphatic carbocycles. The van der Waals surface area contributed by atoms with Gasteiger partial charge in [-0.2, -0.15) is 0 Å². The lowest BCUT2D eigenvalue weighted by Gasteiger charge is -2.47. The third kappa shape index (κ3) is 3.77. The van der Waals surface area contributed by atoms with E-state index >= 15 is 0 Å². The van der Waals surface area contributed by atoms with Crippen molar-refractivity contribution in [3.8, 4) is 11.4 Å². The van der Waals surface area contributed by atoms with Crippen LogP contribution in [0.3, 0.4) is 0 Å². The van der Waals surface area contributed by atoms with Crippen LogP contribution in [0.15, 0.2) is 65.7 Å². The fourth-order valence-corrected chi connectivity index (χ4v) is 4.69. The summed E-state index contributed by atoms with van der Waals surface area (Å²) in [5.41, 5.74) is 2.36. The Kier molecular flexibility index (Phi) is 5.64. The molecule has 0 radical (unpaired) electrons. The Morgan fingerprint density at radius 3 is 2.66 bits per heavy atom. The highest BCUT2D eigenvalue weighted by molar-refractivity contribution is 6.14. The van der Waals surface area contributed by atoms with Crippen molar-refractivity contribution in [3.05, 3.63) is 83.3 Å². The number of aliphatic hydroxyl groups is 1. The highest BCUT2D eigenvalue weighted by Gasteiger charge is 2.51. The first-order chi connectivity index (χ1) is 16.9. The molecule has 1 unspecified atom stereocenters. The molecule has 0 spiro atoms. The molecule has 35 heavy (non-hydrogen) atoms. The van der Waals surface area contributed by atoms with Crippen LogP contribution in [0, 0.1) is 12.7 Å². The van der Waals surface area contributed by atoms with E-state index in [1.165, 1.54) is 17.0 Å². The topological polar surface area (TPSA) is 83.2 Å². The van der Waals surface area contributed by atoms with Gasteiger partial charge < -0.3 is 19.3 Å². The Balaban J connectivity index is 1.53. The lowest BCUT2D eigenvalue weighted by molar-refractivity contribution is -0.130. The molecule has 1 atom stereocenters. The Bertz CT molecular complexity index is 1350. The zero-order chi connectivity index (χ0) is 24.7. The largest absolute Gasteiger partial charge is 0.495 e. The summed E-state index contributed by atoms with van der Waals surface area (Å²) in [6, 6.07) is 11.5. The molecule has 1 amide bonds. The molecule has 1 aromatic heterocycles. The van der Waals surface area contributed by atoms with Crippen LogP contribution in [0.5, 0.6) is 5.75 Å². The first-order valence-corrected chi connectivity index (χ1v) is 11.3. The lowest BCUT2D eigenvalue weighted by Crippen LogP contribution is -2.61. The normalized spacial score (nSPS) is 20.9. The van der Waals surface area contributed by atoms with Gasteiger partial charge >= 0.3 is 0 Å². The number of carbonyl (C=O) groups excluding carboxylic acids is 1. The van der Waals surface area contributed by atoms with Crippen molar-refractivity contribution in [2.45, 2.75) is 18.9 Å². The fraction of sp³-hybridized carbons (Fsp3) is 0.269. The van der Waals surface area contributed by atoms with Crippen LogP contribution in [0.4, 0.5) is 4.39 Å². The smallest absolute Gasteiger partial charge is 0.280 e. The molecule has 5 rings (SSSR count). The monoisotopic (exact) mass is 475 g/mol. The molecular weight excluding hydrogens is 449 g/mol. The zero-order valence-corrected chi connectivity index (χ0v) is 19.8. The summed E-state index contributed by atoms with van der Waals surface area (Å²) in [4.78, 5) is 26.0. The average molecular weight is 476 g/mol. The van der Waals surface area contributed by atoms with E-state index in [1.54, 1.807) is 31.6 Å². The maximum Gasteiger partial charge on any atom is 0.280 e. The Morgan fingerprint density at radius 1 is 1.23 bits per heavy atom. The number of aromatic nitrogens is 2. The summed E-state index contributed by atoms with van der Waals surface area (Å²) in [7, 11) is 3.45. The van der Waals surface area contributed by atoms with Crippen molar-refractivity contribution in [3.63, 3.8) is 0 Å². The minimum atomic E-state index is -1.02. The van der Waals surface area contributed by atoms with Crippen molar-refractivity contribution < 1.29 is 19.0 Å². The molecule has 3 aromatic rings. The highest BCUT2D eigenvalue weighted by atomic mass is 19.1. The Labute approximate surface area is 202 Å². The number of halogens is 1. The second kappa shape index (κ2) is 8.66. The number of carbonyl (C=O) groups is 1. The predicted octanol–water partition coefficient (Wildman–Crippen LogP) is 3.09. The van der Waals surface area contributed by atoms with Gasteiger partial charge in [-0.25, -0.2) is 14.4 Å². The number of methoxy groups -OCH3 is 1. The number of hydrogen-bond donors (Lipinski definition) is 1. The number of guanidine groups is 1. The van der Waals surface area contributed by atoms with Crippen molar-refractivity contribution in [2.75, 3.05) is 27.3 Å². The molecule has 0 bridgehead atoms. The first-order valence-electron chi connectivity index (χ1n) is 11.3. The molecule has 0 saturated carbocycles. The van der Waals surface area contributed by atoms with Gasteiger partial charge in [0.05, 0.1) is 31.4 Å². The van der Waals surface area contributed by atoms with Gasteiger partial charge in [-0.05, 0) is 54.8 Å². The molecule has 8 nitrogen and oxygen atoms in total. The van der Waals surface area contributed by atoms with Crippen LogP contribution in [-0.2, 0) is 10.3 Å². The number of rotatable bonds is 5. The quantitative estimate of drug-likeness (QED) is 0.574. The summed E-state index contributed by atoms with van der Waals surface area (Å²) < 4.78 is 21.1. The van der Waals surface area contributed by atoms with Crippen LogP contribution in [0.25, 0.3) is 11.8 Å². The maximum atomic E-state index is 13.6. The van der Waals surface area contributed by atoms with Gasteiger partial charge in [0.15, 0.2) is 0 Å². The zero-order valence-electron chi connectivity index (χ0n) is 19.8. The molecule has 180 valence electrons. The minimum Gasteiger partial charge on any atom is -0.495 e. The number of aliphatic hydroxyl groups excluding tert-OH is 1. The first kappa shape index (κ1) is 22.8. The van der Waals surface area contributed by atoms with Crippen LogP contribution < -0.4 is 4.74 Å². The number of fused-ring (bicyclic) bond motifs is 1. The third-order valence-electron chi connectivity index (χ3n) is 6.61. The van der Waals surface area contributed by atoms with Crippen LogP contribution >= 0.6 is 0 Å². The van der Waals surface area contributed by atoms with Crippen molar-refractivity contribution in [1.82, 2.24) is 19.4 Å². The summed E-state index contributed by atoms with van der Waals surface area (Å²) in [6.07, 6.45) is 5.81. The van der Waals surface area contributed by atoms with Crippen LogP contribution in [-0.4, -0.2) is 63.6 Å². The third-order valence-corrected chi connectivity index (χ3v) is 6.61. The molecule has 2 aliphatic heterocycles. The molecule has 2 aliphatic rings. The standard InChI is InChI=1S/C26H26FN5O3/c1-17-14-31(16-28-17)22-9-4-18(13-23(22)35-3)12-21-24(34)32-25(29-21)30(2)11-10-26(32,15-33)19-5-7-20(27)8-6-19/h4-9,12-14,16,33H,10-11,15H2,1-3H3. The molecule has 1 N–H and O–H groups in total. The summed E-state index contributed by atoms with van der Waals surface area (Å²) in [6.45, 7) is 2.19. The number of amides is 1. The second-order valence-electron chi connectivity index (χ2n) is 8.80. The van der Waals surface area contributed by atoms with Gasteiger partial charge in [0.1, 0.15) is 22.8 Å². The molecule has 2 aromatic carbocycles. The van der Waals surface area contributed by atoms with E-state index in [0.717, 1.165) is 16.9 Å². The summed E-state index contributed by atoms with van der Waals surface area (Å²) in [5, 5.41) is 10.5. The van der Waals surface area contributed by atoms with E-state index in [1.807, 2.05) is 47.8 Å². The van der Waals surface area contributed by atoms with Crippen molar-refractivity contribution in [1.29, 1.82) is 0 Å². The van der Waals surface area contributed by atoms with Gasteiger partial charge in [-0.15, -0.1) is 0 Å². The van der Waals surface area contributed by atoms with Gasteiger partial charge in [0.25, 0.3) is 5.91 Å². The Hall–Kier alpha value is -3.98. The number of benzene rings is 2. The number of nitrogens with zero attached hydrogens (tertiary/aromatic N) is 5. The predicted molar refractivity (Wildman–Crippen MR) is 130 cm³/mol. The number of aryl methyl sites for hydroxylation is 1. The molecule has 1 fully saturated rings. The summed E-state index contributed by atoms with van der Waals surface area (Å²) >= 11 is 0. The average Bonchev–Trinajstić information content (AvgIpc) is 3.44. The minimum absolute atomic E-state index is 0.252. The molecular formula is C26H26FN5O3. The van der Waals surface area contributed by atoms with Crippen LogP contribution in [0.1, 0.15) is 23.2 Å². The number of imidazole rings is 1. The molecule has 9 heteroatoms. The van der Waals surface area contributed by atoms with E-state index in [-0.39, 0.29) is 24.0 Å². The van der Waals surface area contributed by atoms with Crippen LogP contribution in [0.2, 0.25) is 0 Å². The van der Waals surface area contributed by atoms with Gasteiger partial charge in [0, 0.05) is 19.8 Å². The van der Waals surface area contributed by atoms with Crippen molar-refractivity contribution in [2.24, 2.45) is 4.99 Å². The van der Waals surface area contributed by atoms with Gasteiger partial charge in [0.2, 0.25) is 5.96 Å². The van der Waals surface area contributed by atoms with E-state index in [9.17, 15) is 14.3 Å². The molecule has 3 heterocycles. The number of aliphatic imine (C=N–C) groups is 1.